The molecular weight excluding hydrogens is 200 g/mol. The Kier molecular flexibility index (Phi) is 2.61. The van der Waals surface area contributed by atoms with Crippen molar-refractivity contribution in [3.63, 3.8) is 0 Å². The van der Waals surface area contributed by atoms with Gasteiger partial charge in [-0.05, 0) is 24.8 Å². The zero-order chi connectivity index (χ0) is 10.1. The number of aryl methyl sites for hydroxylation is 1. The third-order valence-corrected chi connectivity index (χ3v) is 2.81. The Balaban J connectivity index is 2.39. The predicted octanol–water partition coefficient (Wildman–Crippen LogP) is 2.00. The minimum absolute atomic E-state index is 0.329. The Labute approximate surface area is 88.0 Å². The highest BCUT2D eigenvalue weighted by Gasteiger charge is 2.17. The zero-order valence-corrected chi connectivity index (χ0v) is 8.83. The maximum absolute atomic E-state index is 9.51. The summed E-state index contributed by atoms with van der Waals surface area (Å²) in [6.07, 6.45) is 6.01. The second-order valence-corrected chi connectivity index (χ2v) is 4.02. The summed E-state index contributed by atoms with van der Waals surface area (Å²) in [5.41, 5.74) is 2.04. The first-order valence-electron chi connectivity index (χ1n) is 4.75. The van der Waals surface area contributed by atoms with Crippen LogP contribution in [-0.2, 0) is 7.05 Å². The van der Waals surface area contributed by atoms with Crippen molar-refractivity contribution in [3.05, 3.63) is 23.0 Å². The molecule has 0 saturated carbocycles. The van der Waals surface area contributed by atoms with E-state index in [0.29, 0.717) is 5.02 Å². The van der Waals surface area contributed by atoms with Gasteiger partial charge in [-0.25, -0.2) is 0 Å². The molecule has 0 spiro atoms. The number of nitrogens with zero attached hydrogens (tertiary/aromatic N) is 2. The van der Waals surface area contributed by atoms with Crippen molar-refractivity contribution in [2.45, 2.75) is 25.4 Å². The average molecular weight is 213 g/mol. The number of allylic oxidation sites excluding steroid dienone is 1. The summed E-state index contributed by atoms with van der Waals surface area (Å²) >= 11 is 6.02. The van der Waals surface area contributed by atoms with Gasteiger partial charge in [-0.15, -0.1) is 0 Å². The third-order valence-electron chi connectivity index (χ3n) is 2.54. The number of aromatic nitrogens is 2. The van der Waals surface area contributed by atoms with E-state index in [-0.39, 0.29) is 6.10 Å². The largest absolute Gasteiger partial charge is 0.389 e. The fourth-order valence-corrected chi connectivity index (χ4v) is 2.16. The molecule has 14 heavy (non-hydrogen) atoms. The number of halogens is 1. The van der Waals surface area contributed by atoms with Crippen LogP contribution in [0.2, 0.25) is 5.02 Å². The molecule has 0 fully saturated rings. The highest BCUT2D eigenvalue weighted by molar-refractivity contribution is 6.32. The topological polar surface area (TPSA) is 38.0 Å². The summed E-state index contributed by atoms with van der Waals surface area (Å²) < 4.78 is 1.76. The predicted molar refractivity (Wildman–Crippen MR) is 56.1 cm³/mol. The molecule has 1 aliphatic carbocycles. The molecule has 0 saturated heterocycles. The standard InChI is InChI=1S/C10H13ClN2O/c1-13-10(9(11)6-12-13)7-3-2-4-8(14)5-7/h5-6,8,14H,2-4H2,1H3. The lowest BCUT2D eigenvalue weighted by molar-refractivity contribution is 0.206. The monoisotopic (exact) mass is 212 g/mol. The van der Waals surface area contributed by atoms with E-state index in [1.807, 2.05) is 13.1 Å². The number of hydrogen-bond acceptors (Lipinski definition) is 2. The first kappa shape index (κ1) is 9.74. The van der Waals surface area contributed by atoms with Crippen LogP contribution in [0.5, 0.6) is 0 Å². The highest BCUT2D eigenvalue weighted by Crippen LogP contribution is 2.30. The van der Waals surface area contributed by atoms with Crippen molar-refractivity contribution < 1.29 is 5.11 Å². The summed E-state index contributed by atoms with van der Waals surface area (Å²) in [6.45, 7) is 0. The van der Waals surface area contributed by atoms with Crippen LogP contribution in [0.4, 0.5) is 0 Å². The SMILES string of the molecule is Cn1ncc(Cl)c1C1=CC(O)CCC1. The van der Waals surface area contributed by atoms with Gasteiger partial charge in [0.1, 0.15) is 0 Å². The maximum atomic E-state index is 9.51. The van der Waals surface area contributed by atoms with Crippen LogP contribution in [0, 0.1) is 0 Å². The van der Waals surface area contributed by atoms with Crippen LogP contribution in [-0.4, -0.2) is 21.0 Å². The molecule has 2 rings (SSSR count). The first-order chi connectivity index (χ1) is 6.68. The molecule has 0 radical (unpaired) electrons. The number of hydrogen-bond donors (Lipinski definition) is 1. The summed E-state index contributed by atoms with van der Waals surface area (Å²) in [4.78, 5) is 0. The molecule has 1 aliphatic rings. The molecule has 1 atom stereocenters. The van der Waals surface area contributed by atoms with Crippen molar-refractivity contribution in [3.8, 4) is 0 Å². The van der Waals surface area contributed by atoms with Crippen LogP contribution in [0.3, 0.4) is 0 Å². The first-order valence-corrected chi connectivity index (χ1v) is 5.13. The molecule has 3 nitrogen and oxygen atoms in total. The molecule has 0 amide bonds. The molecule has 0 aliphatic heterocycles. The Morgan fingerprint density at radius 1 is 1.64 bits per heavy atom. The molecule has 4 heteroatoms. The maximum Gasteiger partial charge on any atom is 0.0862 e. The van der Waals surface area contributed by atoms with Gasteiger partial charge in [-0.1, -0.05) is 17.7 Å². The third kappa shape index (κ3) is 1.70. The summed E-state index contributed by atoms with van der Waals surface area (Å²) in [7, 11) is 1.86. The Morgan fingerprint density at radius 3 is 3.00 bits per heavy atom. The van der Waals surface area contributed by atoms with Crippen molar-refractivity contribution >= 4 is 17.2 Å². The Bertz CT molecular complexity index is 351. The van der Waals surface area contributed by atoms with Gasteiger partial charge in [0, 0.05) is 7.05 Å². The Hall–Kier alpha value is -0.800. The minimum Gasteiger partial charge on any atom is -0.389 e. The summed E-state index contributed by atoms with van der Waals surface area (Å²) in [5.74, 6) is 0. The molecule has 76 valence electrons. The second-order valence-electron chi connectivity index (χ2n) is 3.62. The van der Waals surface area contributed by atoms with Gasteiger partial charge in [0.15, 0.2) is 0 Å². The molecule has 1 unspecified atom stereocenters. The van der Waals surface area contributed by atoms with Gasteiger partial charge in [-0.3, -0.25) is 4.68 Å². The molecule has 0 aromatic carbocycles. The number of aliphatic hydroxyl groups is 1. The van der Waals surface area contributed by atoms with Gasteiger partial charge >= 0.3 is 0 Å². The van der Waals surface area contributed by atoms with Crippen molar-refractivity contribution in [1.29, 1.82) is 0 Å². The van der Waals surface area contributed by atoms with Crippen LogP contribution < -0.4 is 0 Å². The lowest BCUT2D eigenvalue weighted by Gasteiger charge is -2.17. The van der Waals surface area contributed by atoms with Crippen LogP contribution in [0.1, 0.15) is 25.0 Å². The number of aliphatic hydroxyl groups excluding tert-OH is 1. The summed E-state index contributed by atoms with van der Waals surface area (Å²) in [5, 5.41) is 14.2. The van der Waals surface area contributed by atoms with E-state index in [1.54, 1.807) is 10.9 Å². The van der Waals surface area contributed by atoms with Gasteiger partial charge in [-0.2, -0.15) is 5.10 Å². The molecule has 1 aromatic rings. The summed E-state index contributed by atoms with van der Waals surface area (Å²) in [6, 6.07) is 0. The molecule has 1 N–H and O–H groups in total. The van der Waals surface area contributed by atoms with E-state index in [1.165, 1.54) is 0 Å². The average Bonchev–Trinajstić information content (AvgIpc) is 2.46. The van der Waals surface area contributed by atoms with Crippen LogP contribution in [0.15, 0.2) is 12.3 Å². The van der Waals surface area contributed by atoms with Gasteiger partial charge in [0.2, 0.25) is 0 Å². The van der Waals surface area contributed by atoms with E-state index in [4.69, 9.17) is 11.6 Å². The van der Waals surface area contributed by atoms with Crippen molar-refractivity contribution in [1.82, 2.24) is 9.78 Å². The normalized spacial score (nSPS) is 22.2. The molecule has 1 aromatic heterocycles. The lowest BCUT2D eigenvalue weighted by Crippen LogP contribution is -2.10. The molecule has 1 heterocycles. The molecular formula is C10H13ClN2O. The van der Waals surface area contributed by atoms with Crippen molar-refractivity contribution in [2.24, 2.45) is 7.05 Å². The second kappa shape index (κ2) is 3.75. The smallest absolute Gasteiger partial charge is 0.0862 e. The van der Waals surface area contributed by atoms with Gasteiger partial charge in [0.25, 0.3) is 0 Å². The van der Waals surface area contributed by atoms with Gasteiger partial charge in [0.05, 0.1) is 23.0 Å². The van der Waals surface area contributed by atoms with E-state index in [9.17, 15) is 5.11 Å². The number of rotatable bonds is 1. The van der Waals surface area contributed by atoms with Crippen LogP contribution in [0.25, 0.3) is 5.57 Å². The van der Waals surface area contributed by atoms with Gasteiger partial charge < -0.3 is 5.11 Å². The van der Waals surface area contributed by atoms with E-state index >= 15 is 0 Å². The minimum atomic E-state index is -0.329. The molecule has 0 bridgehead atoms. The highest BCUT2D eigenvalue weighted by atomic mass is 35.5. The fraction of sp³-hybridized carbons (Fsp3) is 0.500. The lowest BCUT2D eigenvalue weighted by atomic mass is 9.95. The van der Waals surface area contributed by atoms with Crippen LogP contribution >= 0.6 is 11.6 Å². The fourth-order valence-electron chi connectivity index (χ4n) is 1.87. The van der Waals surface area contributed by atoms with E-state index < -0.39 is 0 Å². The quantitative estimate of drug-likeness (QED) is 0.774. The van der Waals surface area contributed by atoms with E-state index in [0.717, 1.165) is 30.5 Å². The zero-order valence-electron chi connectivity index (χ0n) is 8.07. The Morgan fingerprint density at radius 2 is 2.43 bits per heavy atom. The van der Waals surface area contributed by atoms with Crippen molar-refractivity contribution in [2.75, 3.05) is 0 Å². The van der Waals surface area contributed by atoms with E-state index in [2.05, 4.69) is 5.10 Å².